The number of phosphoric acid groups is 6. The summed E-state index contributed by atoms with van der Waals surface area (Å²) in [5.41, 5.74) is 0. The predicted octanol–water partition coefficient (Wildman–Crippen LogP) is 2.26. The minimum absolute atomic E-state index is 0.338. The molecule has 1 heterocycles. The number of unbranched alkanes of at least 4 members (excludes halogenated alkanes) is 3. The van der Waals surface area contributed by atoms with Crippen LogP contribution < -0.4 is 0 Å². The summed E-state index contributed by atoms with van der Waals surface area (Å²) in [5.74, 6) is 0. The molecule has 0 amide bonds. The maximum atomic E-state index is 12.3. The SMILES string of the molecule is CCCCCCN1C=CN(C)C1OP(=O)(O)OP(=O)(O)OP(=O)(O)OP(=O)(O)OP(=O)(O)OP(=O)(O)O. The van der Waals surface area contributed by atoms with Crippen LogP contribution in [-0.4, -0.2) is 64.0 Å². The summed E-state index contributed by atoms with van der Waals surface area (Å²) in [6.45, 7) is 2.32. The first-order valence-corrected chi connectivity index (χ1v) is 18.6. The molecule has 1 aliphatic heterocycles. The monoisotopic (exact) mass is 664 g/mol. The fourth-order valence-corrected chi connectivity index (χ4v) is 9.93. The number of hydrogen-bond donors (Lipinski definition) is 7. The summed E-state index contributed by atoms with van der Waals surface area (Å²) in [6.07, 6.45) is 4.93. The third kappa shape index (κ3) is 14.4. The van der Waals surface area contributed by atoms with E-state index in [0.29, 0.717) is 13.0 Å². The minimum Gasteiger partial charge on any atom is -0.337 e. The summed E-state index contributed by atoms with van der Waals surface area (Å²) >= 11 is 0. The molecule has 27 heteroatoms. The number of nitrogens with zero attached hydrogens (tertiary/aromatic N) is 2. The second kappa shape index (κ2) is 13.2. The molecule has 0 aromatic rings. The largest absolute Gasteiger partial charge is 0.490 e. The fourth-order valence-electron chi connectivity index (χ4n) is 2.47. The molecule has 0 saturated heterocycles. The van der Waals surface area contributed by atoms with E-state index in [4.69, 9.17) is 19.2 Å². The maximum absolute atomic E-state index is 12.3. The van der Waals surface area contributed by atoms with Crippen molar-refractivity contribution in [3.05, 3.63) is 12.4 Å². The Hall–Kier alpha value is 0.200. The highest BCUT2D eigenvalue weighted by atomic mass is 31.3. The van der Waals surface area contributed by atoms with Crippen LogP contribution in [-0.2, 0) is 53.5 Å². The van der Waals surface area contributed by atoms with Gasteiger partial charge in [0.1, 0.15) is 0 Å². The molecule has 7 N–H and O–H groups in total. The van der Waals surface area contributed by atoms with E-state index < -0.39 is 53.3 Å². The lowest BCUT2D eigenvalue weighted by Gasteiger charge is -2.31. The van der Waals surface area contributed by atoms with Crippen molar-refractivity contribution in [3.63, 3.8) is 0 Å². The molecule has 21 nitrogen and oxygen atoms in total. The highest BCUT2D eigenvalue weighted by molar-refractivity contribution is 7.72. The van der Waals surface area contributed by atoms with E-state index in [1.54, 1.807) is 0 Å². The van der Waals surface area contributed by atoms with Crippen molar-refractivity contribution in [1.29, 1.82) is 0 Å². The lowest BCUT2D eigenvalue weighted by atomic mass is 10.2. The summed E-state index contributed by atoms with van der Waals surface area (Å²) < 4.78 is 91.7. The van der Waals surface area contributed by atoms with Crippen LogP contribution in [0.1, 0.15) is 32.6 Å². The van der Waals surface area contributed by atoms with Crippen molar-refractivity contribution in [2.24, 2.45) is 0 Å². The van der Waals surface area contributed by atoms with Crippen molar-refractivity contribution >= 4 is 46.9 Å². The van der Waals surface area contributed by atoms with Crippen molar-refractivity contribution < 1.29 is 87.7 Å². The molecule has 0 bridgehead atoms. The molecular formula is C10H26N2O19P6. The molecule has 220 valence electrons. The molecule has 0 aromatic carbocycles. The molecule has 1 rings (SSSR count). The van der Waals surface area contributed by atoms with Gasteiger partial charge in [0, 0.05) is 26.0 Å². The van der Waals surface area contributed by atoms with E-state index in [2.05, 4.69) is 21.6 Å². The van der Waals surface area contributed by atoms with Gasteiger partial charge in [-0.15, -0.1) is 0 Å². The molecule has 0 saturated carbocycles. The molecule has 0 fully saturated rings. The number of phosphoric ester groups is 1. The molecule has 0 aromatic heterocycles. The summed E-state index contributed by atoms with van der Waals surface area (Å²) in [7, 11) is -34.8. The van der Waals surface area contributed by atoms with Crippen molar-refractivity contribution in [2.45, 2.75) is 39.0 Å². The lowest BCUT2D eigenvalue weighted by Crippen LogP contribution is -2.38. The van der Waals surface area contributed by atoms with Crippen LogP contribution in [0.15, 0.2) is 12.4 Å². The van der Waals surface area contributed by atoms with Gasteiger partial charge in [-0.25, -0.2) is 31.9 Å². The molecule has 6 unspecified atom stereocenters. The van der Waals surface area contributed by atoms with Crippen LogP contribution in [0.3, 0.4) is 0 Å². The van der Waals surface area contributed by atoms with E-state index >= 15 is 0 Å². The number of hydrogen-bond acceptors (Lipinski definition) is 14. The third-order valence-electron chi connectivity index (χ3n) is 3.66. The van der Waals surface area contributed by atoms with Gasteiger partial charge in [0.2, 0.25) is 6.35 Å². The van der Waals surface area contributed by atoms with Crippen LogP contribution in [0, 0.1) is 0 Å². The molecule has 0 spiro atoms. The maximum Gasteiger partial charge on any atom is 0.490 e. The summed E-state index contributed by atoms with van der Waals surface area (Å²) in [6, 6.07) is 0. The average molecular weight is 664 g/mol. The second-order valence-electron chi connectivity index (χ2n) is 6.94. The average Bonchev–Trinajstić information content (AvgIpc) is 2.91. The molecule has 6 atom stereocenters. The predicted molar refractivity (Wildman–Crippen MR) is 119 cm³/mol. The van der Waals surface area contributed by atoms with E-state index in [1.807, 2.05) is 6.92 Å². The Labute approximate surface area is 209 Å². The molecule has 1 aliphatic rings. The fraction of sp³-hybridized carbons (Fsp3) is 0.800. The van der Waals surface area contributed by atoms with Gasteiger partial charge in [-0.2, -0.15) is 21.6 Å². The third-order valence-corrected chi connectivity index (χ3v) is 12.4. The van der Waals surface area contributed by atoms with Gasteiger partial charge in [0.15, 0.2) is 0 Å². The van der Waals surface area contributed by atoms with Crippen molar-refractivity contribution in [1.82, 2.24) is 9.80 Å². The van der Waals surface area contributed by atoms with E-state index in [9.17, 15) is 47.0 Å². The molecule has 0 radical (unpaired) electrons. The zero-order chi connectivity index (χ0) is 28.9. The van der Waals surface area contributed by atoms with Gasteiger partial charge >= 0.3 is 46.9 Å². The van der Waals surface area contributed by atoms with Crippen molar-refractivity contribution in [2.75, 3.05) is 13.6 Å². The van der Waals surface area contributed by atoms with E-state index in [1.165, 1.54) is 29.2 Å². The van der Waals surface area contributed by atoms with Crippen LogP contribution in [0.2, 0.25) is 0 Å². The normalized spacial score (nSPS) is 24.6. The Balaban J connectivity index is 2.84. The van der Waals surface area contributed by atoms with Crippen LogP contribution >= 0.6 is 46.9 Å². The lowest BCUT2D eigenvalue weighted by molar-refractivity contribution is -0.0333. The first-order chi connectivity index (χ1) is 16.5. The standard InChI is InChI=1S/C10H26N2O19P6/c1-3-4-5-6-7-12-9-8-11(2)10(12)26-33(16,17)28-35(20,21)30-37(24,25)31-36(22,23)29-34(18,19)27-32(13,14)15/h8-10H,3-7H2,1-2H3,(H,16,17)(H,18,19)(H,20,21)(H,22,23)(H,24,25)(H2,13,14,15). The molecule has 0 aliphatic carbocycles. The zero-order valence-electron chi connectivity index (χ0n) is 18.9. The Kier molecular flexibility index (Phi) is 12.6. The Bertz CT molecular complexity index is 1100. The van der Waals surface area contributed by atoms with Gasteiger partial charge in [0.25, 0.3) is 0 Å². The highest BCUT2D eigenvalue weighted by Crippen LogP contribution is 2.75. The number of rotatable bonds is 17. The molecule has 37 heavy (non-hydrogen) atoms. The van der Waals surface area contributed by atoms with Crippen LogP contribution in [0.4, 0.5) is 0 Å². The smallest absolute Gasteiger partial charge is 0.337 e. The molecular weight excluding hydrogens is 638 g/mol. The Morgan fingerprint density at radius 1 is 0.649 bits per heavy atom. The minimum atomic E-state index is -6.32. The van der Waals surface area contributed by atoms with Gasteiger partial charge in [0.05, 0.1) is 0 Å². The Morgan fingerprint density at radius 2 is 1.08 bits per heavy atom. The van der Waals surface area contributed by atoms with Crippen molar-refractivity contribution in [3.8, 4) is 0 Å². The Morgan fingerprint density at radius 3 is 1.51 bits per heavy atom. The summed E-state index contributed by atoms with van der Waals surface area (Å²) in [5, 5.41) is 0. The summed E-state index contributed by atoms with van der Waals surface area (Å²) in [4.78, 5) is 66.6. The topological polar surface area (TPSA) is 306 Å². The van der Waals surface area contributed by atoms with E-state index in [-0.39, 0.29) is 0 Å². The van der Waals surface area contributed by atoms with Crippen LogP contribution in [0.5, 0.6) is 0 Å². The quantitative estimate of drug-likeness (QED) is 0.0866. The van der Waals surface area contributed by atoms with Gasteiger partial charge < -0.3 is 44.1 Å². The second-order valence-corrected chi connectivity index (χ2v) is 16.1. The van der Waals surface area contributed by atoms with Gasteiger partial charge in [-0.3, -0.25) is 0 Å². The first-order valence-electron chi connectivity index (χ1n) is 9.58. The first kappa shape index (κ1) is 35.2. The zero-order valence-corrected chi connectivity index (χ0v) is 24.2. The van der Waals surface area contributed by atoms with Crippen LogP contribution in [0.25, 0.3) is 0 Å². The van der Waals surface area contributed by atoms with Gasteiger partial charge in [-0.05, 0) is 6.42 Å². The van der Waals surface area contributed by atoms with E-state index in [0.717, 1.165) is 19.3 Å². The highest BCUT2D eigenvalue weighted by Gasteiger charge is 2.49. The van der Waals surface area contributed by atoms with Gasteiger partial charge in [-0.1, -0.05) is 26.2 Å².